The molecule has 1 fully saturated rings. The van der Waals surface area contributed by atoms with Crippen molar-refractivity contribution in [3.63, 3.8) is 0 Å². The zero-order valence-corrected chi connectivity index (χ0v) is 10.6. The molecule has 0 aliphatic heterocycles. The topological polar surface area (TPSA) is 93.6 Å². The smallest absolute Gasteiger partial charge is 0.254 e. The molecule has 1 saturated carbocycles. The van der Waals surface area contributed by atoms with Gasteiger partial charge in [-0.25, -0.2) is 0 Å². The number of rotatable bonds is 4. The molecule has 1 heterocycles. The molecule has 6 nitrogen and oxygen atoms in total. The molecule has 0 unspecified atom stereocenters. The minimum absolute atomic E-state index is 0.112. The van der Waals surface area contributed by atoms with E-state index in [4.69, 9.17) is 5.11 Å². The van der Waals surface area contributed by atoms with Crippen LogP contribution in [0.2, 0.25) is 0 Å². The first kappa shape index (κ1) is 13.6. The summed E-state index contributed by atoms with van der Waals surface area (Å²) in [6.07, 6.45) is 3.98. The Labute approximate surface area is 110 Å². The highest BCUT2D eigenvalue weighted by Crippen LogP contribution is 2.24. The van der Waals surface area contributed by atoms with Crippen LogP contribution in [0.5, 0.6) is 5.88 Å². The number of nitrogens with zero attached hydrogens (tertiary/aromatic N) is 1. The average molecular weight is 266 g/mol. The Kier molecular flexibility index (Phi) is 4.21. The largest absolute Gasteiger partial charge is 0.494 e. The number of nitrogens with one attached hydrogen (secondary N) is 1. The van der Waals surface area contributed by atoms with Crippen LogP contribution >= 0.6 is 0 Å². The van der Waals surface area contributed by atoms with E-state index in [1.165, 1.54) is 12.1 Å². The van der Waals surface area contributed by atoms with Crippen molar-refractivity contribution in [3.8, 4) is 5.88 Å². The maximum absolute atomic E-state index is 12.4. The molecule has 104 valence electrons. The van der Waals surface area contributed by atoms with Gasteiger partial charge in [-0.2, -0.15) is 0 Å². The normalized spacial score (nSPS) is 15.6. The Morgan fingerprint density at radius 1 is 1.37 bits per heavy atom. The Morgan fingerprint density at radius 3 is 2.63 bits per heavy atom. The lowest BCUT2D eigenvalue weighted by atomic mass is 10.1. The molecule has 1 aromatic heterocycles. The third-order valence-electron chi connectivity index (χ3n) is 3.44. The molecule has 0 atom stereocenters. The van der Waals surface area contributed by atoms with Crippen LogP contribution in [-0.4, -0.2) is 45.2 Å². The quantitative estimate of drug-likeness (QED) is 0.738. The predicted molar refractivity (Wildman–Crippen MR) is 69.1 cm³/mol. The highest BCUT2D eigenvalue weighted by Gasteiger charge is 2.27. The number of carbonyl (C=O) groups excluding carboxylic acids is 1. The van der Waals surface area contributed by atoms with Crippen molar-refractivity contribution in [1.29, 1.82) is 0 Å². The first-order valence-electron chi connectivity index (χ1n) is 6.47. The van der Waals surface area contributed by atoms with Crippen LogP contribution in [0.3, 0.4) is 0 Å². The number of hydrogen-bond acceptors (Lipinski definition) is 4. The summed E-state index contributed by atoms with van der Waals surface area (Å²) in [4.78, 5) is 27.4. The van der Waals surface area contributed by atoms with Gasteiger partial charge in [-0.05, 0) is 12.8 Å². The molecule has 0 radical (unpaired) electrons. The van der Waals surface area contributed by atoms with Gasteiger partial charge in [-0.15, -0.1) is 0 Å². The highest BCUT2D eigenvalue weighted by atomic mass is 16.3. The zero-order valence-electron chi connectivity index (χ0n) is 10.6. The van der Waals surface area contributed by atoms with E-state index in [0.717, 1.165) is 25.7 Å². The summed E-state index contributed by atoms with van der Waals surface area (Å²) in [5.74, 6) is -0.645. The van der Waals surface area contributed by atoms with Crippen molar-refractivity contribution in [3.05, 3.63) is 28.0 Å². The van der Waals surface area contributed by atoms with Crippen LogP contribution in [-0.2, 0) is 0 Å². The predicted octanol–water partition coefficient (Wildman–Crippen LogP) is 0.458. The molecule has 1 aliphatic rings. The molecule has 0 spiro atoms. The minimum Gasteiger partial charge on any atom is -0.494 e. The van der Waals surface area contributed by atoms with Gasteiger partial charge in [-0.3, -0.25) is 14.6 Å². The summed E-state index contributed by atoms with van der Waals surface area (Å²) in [6, 6.07) is 2.52. The van der Waals surface area contributed by atoms with Crippen LogP contribution in [0.4, 0.5) is 0 Å². The van der Waals surface area contributed by atoms with Gasteiger partial charge in [0.2, 0.25) is 0 Å². The molecule has 3 N–H and O–H groups in total. The number of hydrogen-bond donors (Lipinski definition) is 3. The fourth-order valence-corrected chi connectivity index (χ4v) is 2.59. The van der Waals surface area contributed by atoms with Crippen molar-refractivity contribution in [2.24, 2.45) is 0 Å². The molecule has 0 saturated heterocycles. The van der Waals surface area contributed by atoms with E-state index >= 15 is 0 Å². The van der Waals surface area contributed by atoms with Crippen LogP contribution in [0.25, 0.3) is 0 Å². The number of aromatic hydroxyl groups is 1. The summed E-state index contributed by atoms with van der Waals surface area (Å²) >= 11 is 0. The number of aromatic amines is 1. The average Bonchev–Trinajstić information content (AvgIpc) is 2.87. The van der Waals surface area contributed by atoms with Crippen molar-refractivity contribution in [1.82, 2.24) is 9.88 Å². The Morgan fingerprint density at radius 2 is 2.05 bits per heavy atom. The fraction of sp³-hybridized carbons (Fsp3) is 0.538. The van der Waals surface area contributed by atoms with E-state index < -0.39 is 5.56 Å². The molecule has 1 aromatic rings. The summed E-state index contributed by atoms with van der Waals surface area (Å²) < 4.78 is 0. The van der Waals surface area contributed by atoms with E-state index in [1.54, 1.807) is 4.90 Å². The van der Waals surface area contributed by atoms with Crippen LogP contribution in [0, 0.1) is 0 Å². The van der Waals surface area contributed by atoms with Gasteiger partial charge < -0.3 is 15.1 Å². The molecule has 2 rings (SSSR count). The molecular formula is C13H18N2O4. The maximum Gasteiger partial charge on any atom is 0.254 e. The van der Waals surface area contributed by atoms with Gasteiger partial charge in [0.15, 0.2) is 5.88 Å². The number of aliphatic hydroxyl groups is 1. The standard InChI is InChI=1S/C13H18N2O4/c16-6-5-15(10-3-1-2-4-10)13(19)9-7-11(17)14-12(18)8-9/h7-8,10,16H,1-6H2,(H2,14,17,18). The minimum atomic E-state index is -0.515. The summed E-state index contributed by atoms with van der Waals surface area (Å²) in [5.41, 5.74) is -0.361. The Balaban J connectivity index is 2.25. The van der Waals surface area contributed by atoms with E-state index in [2.05, 4.69) is 4.98 Å². The number of carbonyl (C=O) groups is 1. The number of amides is 1. The van der Waals surface area contributed by atoms with Crippen molar-refractivity contribution < 1.29 is 15.0 Å². The molecule has 0 aromatic carbocycles. The van der Waals surface area contributed by atoms with Gasteiger partial charge in [0, 0.05) is 24.7 Å². The monoisotopic (exact) mass is 266 g/mol. The molecule has 0 bridgehead atoms. The van der Waals surface area contributed by atoms with Crippen molar-refractivity contribution in [2.45, 2.75) is 31.7 Å². The van der Waals surface area contributed by atoms with E-state index in [9.17, 15) is 14.7 Å². The number of aromatic nitrogens is 1. The molecule has 1 amide bonds. The third kappa shape index (κ3) is 3.14. The fourth-order valence-electron chi connectivity index (χ4n) is 2.59. The maximum atomic E-state index is 12.4. The number of aliphatic hydroxyl groups excluding tert-OH is 1. The lowest BCUT2D eigenvalue weighted by Crippen LogP contribution is -2.41. The third-order valence-corrected chi connectivity index (χ3v) is 3.44. The van der Waals surface area contributed by atoms with E-state index in [0.29, 0.717) is 0 Å². The summed E-state index contributed by atoms with van der Waals surface area (Å²) in [7, 11) is 0. The molecular weight excluding hydrogens is 248 g/mol. The second-order valence-electron chi connectivity index (χ2n) is 4.78. The van der Waals surface area contributed by atoms with Gasteiger partial charge in [0.05, 0.1) is 12.2 Å². The molecule has 1 aliphatic carbocycles. The van der Waals surface area contributed by atoms with Crippen molar-refractivity contribution >= 4 is 5.91 Å². The summed E-state index contributed by atoms with van der Waals surface area (Å²) in [6.45, 7) is 0.133. The van der Waals surface area contributed by atoms with Crippen molar-refractivity contribution in [2.75, 3.05) is 13.2 Å². The zero-order chi connectivity index (χ0) is 13.8. The highest BCUT2D eigenvalue weighted by molar-refractivity contribution is 5.94. The lowest BCUT2D eigenvalue weighted by Gasteiger charge is -2.28. The second-order valence-corrected chi connectivity index (χ2v) is 4.78. The number of pyridine rings is 1. The van der Waals surface area contributed by atoms with Gasteiger partial charge in [0.25, 0.3) is 11.5 Å². The Bertz CT molecular complexity index is 506. The Hall–Kier alpha value is -1.82. The molecule has 19 heavy (non-hydrogen) atoms. The van der Waals surface area contributed by atoms with E-state index in [-0.39, 0.29) is 36.5 Å². The van der Waals surface area contributed by atoms with Gasteiger partial charge in [-0.1, -0.05) is 12.8 Å². The first-order valence-corrected chi connectivity index (χ1v) is 6.47. The van der Waals surface area contributed by atoms with E-state index in [1.807, 2.05) is 0 Å². The van der Waals surface area contributed by atoms with Gasteiger partial charge >= 0.3 is 0 Å². The number of H-pyrrole nitrogens is 1. The van der Waals surface area contributed by atoms with Crippen LogP contribution in [0.15, 0.2) is 16.9 Å². The van der Waals surface area contributed by atoms with Crippen LogP contribution in [0.1, 0.15) is 36.0 Å². The van der Waals surface area contributed by atoms with Crippen LogP contribution < -0.4 is 5.56 Å². The second kappa shape index (κ2) is 5.88. The first-order chi connectivity index (χ1) is 9.11. The lowest BCUT2D eigenvalue weighted by molar-refractivity contribution is 0.0637. The van der Waals surface area contributed by atoms with Gasteiger partial charge in [0.1, 0.15) is 0 Å². The molecule has 6 heteroatoms. The summed E-state index contributed by atoms with van der Waals surface area (Å²) in [5, 5.41) is 18.4. The SMILES string of the molecule is O=C(c1cc(O)[nH]c(=O)c1)N(CCO)C1CCCC1.